The van der Waals surface area contributed by atoms with Gasteiger partial charge in [-0.15, -0.1) is 0 Å². The summed E-state index contributed by atoms with van der Waals surface area (Å²) in [5, 5.41) is 0. The molecule has 2 N–H and O–H groups in total. The van der Waals surface area contributed by atoms with E-state index in [4.69, 9.17) is 10.5 Å². The van der Waals surface area contributed by atoms with Crippen LogP contribution in [0.25, 0.3) is 0 Å². The highest BCUT2D eigenvalue weighted by Gasteiger charge is 2.22. The molecular weight excluding hydrogens is 226 g/mol. The van der Waals surface area contributed by atoms with Gasteiger partial charge in [0.2, 0.25) is 0 Å². The van der Waals surface area contributed by atoms with Crippen LogP contribution in [0.4, 0.5) is 5.69 Å². The number of carbonyl (C=O) groups is 1. The second-order valence-electron chi connectivity index (χ2n) is 5.38. The molecule has 3 heteroatoms. The lowest BCUT2D eigenvalue weighted by Gasteiger charge is -2.24. The van der Waals surface area contributed by atoms with Gasteiger partial charge < -0.3 is 10.5 Å². The Morgan fingerprint density at radius 2 is 2.22 bits per heavy atom. The van der Waals surface area contributed by atoms with E-state index in [0.717, 1.165) is 24.9 Å². The van der Waals surface area contributed by atoms with Gasteiger partial charge in [0, 0.05) is 12.1 Å². The SMILES string of the molecule is CC(C)OC(=O)CC1CCc2ccc(N)cc2C1. The Labute approximate surface area is 108 Å². The molecule has 1 aromatic carbocycles. The van der Waals surface area contributed by atoms with Crippen molar-refractivity contribution < 1.29 is 9.53 Å². The Morgan fingerprint density at radius 1 is 1.44 bits per heavy atom. The van der Waals surface area contributed by atoms with E-state index < -0.39 is 0 Å². The number of anilines is 1. The lowest BCUT2D eigenvalue weighted by atomic mass is 9.82. The smallest absolute Gasteiger partial charge is 0.306 e. The first kappa shape index (κ1) is 12.9. The monoisotopic (exact) mass is 247 g/mol. The van der Waals surface area contributed by atoms with Crippen LogP contribution in [0.2, 0.25) is 0 Å². The van der Waals surface area contributed by atoms with Gasteiger partial charge in [-0.1, -0.05) is 6.07 Å². The van der Waals surface area contributed by atoms with Crippen LogP contribution in [0.3, 0.4) is 0 Å². The highest BCUT2D eigenvalue weighted by atomic mass is 16.5. The summed E-state index contributed by atoms with van der Waals surface area (Å²) in [7, 11) is 0. The third kappa shape index (κ3) is 3.25. The molecule has 0 amide bonds. The van der Waals surface area contributed by atoms with Crippen molar-refractivity contribution >= 4 is 11.7 Å². The summed E-state index contributed by atoms with van der Waals surface area (Å²) in [6.45, 7) is 3.77. The van der Waals surface area contributed by atoms with E-state index in [2.05, 4.69) is 6.07 Å². The lowest BCUT2D eigenvalue weighted by Crippen LogP contribution is -2.20. The Bertz CT molecular complexity index is 440. The molecule has 0 saturated carbocycles. The summed E-state index contributed by atoms with van der Waals surface area (Å²) in [4.78, 5) is 11.7. The molecule has 0 aromatic heterocycles. The zero-order valence-electron chi connectivity index (χ0n) is 11.1. The highest BCUT2D eigenvalue weighted by Crippen LogP contribution is 2.29. The number of hydrogen-bond acceptors (Lipinski definition) is 3. The summed E-state index contributed by atoms with van der Waals surface area (Å²) in [6.07, 6.45) is 3.53. The molecule has 3 nitrogen and oxygen atoms in total. The summed E-state index contributed by atoms with van der Waals surface area (Å²) in [5.41, 5.74) is 9.28. The number of hydrogen-bond donors (Lipinski definition) is 1. The zero-order valence-corrected chi connectivity index (χ0v) is 11.1. The van der Waals surface area contributed by atoms with E-state index in [-0.39, 0.29) is 12.1 Å². The number of fused-ring (bicyclic) bond motifs is 1. The van der Waals surface area contributed by atoms with Crippen LogP contribution >= 0.6 is 0 Å². The topological polar surface area (TPSA) is 52.3 Å². The van der Waals surface area contributed by atoms with Crippen LogP contribution in [0.15, 0.2) is 18.2 Å². The predicted octanol–water partition coefficient (Wildman–Crippen LogP) is 2.72. The van der Waals surface area contributed by atoms with Crippen LogP contribution in [0, 0.1) is 5.92 Å². The molecule has 0 heterocycles. The van der Waals surface area contributed by atoms with E-state index in [1.54, 1.807) is 0 Å². The number of ether oxygens (including phenoxy) is 1. The summed E-state index contributed by atoms with van der Waals surface area (Å²) in [6, 6.07) is 6.09. The van der Waals surface area contributed by atoms with Gasteiger partial charge >= 0.3 is 5.97 Å². The van der Waals surface area contributed by atoms with E-state index in [1.807, 2.05) is 26.0 Å². The standard InChI is InChI=1S/C15H21NO2/c1-10(2)18-15(17)8-11-3-4-12-5-6-14(16)9-13(12)7-11/h5-6,9-11H,3-4,7-8,16H2,1-2H3. The maximum Gasteiger partial charge on any atom is 0.306 e. The quantitative estimate of drug-likeness (QED) is 0.660. The molecule has 1 aliphatic rings. The molecule has 0 radical (unpaired) electrons. The van der Waals surface area contributed by atoms with Crippen molar-refractivity contribution in [3.05, 3.63) is 29.3 Å². The van der Waals surface area contributed by atoms with Crippen molar-refractivity contribution in [3.8, 4) is 0 Å². The zero-order chi connectivity index (χ0) is 13.1. The van der Waals surface area contributed by atoms with Crippen LogP contribution in [-0.2, 0) is 22.4 Å². The molecule has 0 bridgehead atoms. The normalized spacial score (nSPS) is 18.5. The summed E-state index contributed by atoms with van der Waals surface area (Å²) in [5.74, 6) is 0.313. The fourth-order valence-electron chi connectivity index (χ4n) is 2.57. The van der Waals surface area contributed by atoms with Crippen molar-refractivity contribution in [1.29, 1.82) is 0 Å². The van der Waals surface area contributed by atoms with E-state index in [0.29, 0.717) is 12.3 Å². The largest absolute Gasteiger partial charge is 0.463 e. The molecule has 0 saturated heterocycles. The minimum absolute atomic E-state index is 0.0241. The van der Waals surface area contributed by atoms with Crippen molar-refractivity contribution in [2.45, 2.75) is 45.6 Å². The number of nitrogen functional groups attached to an aromatic ring is 1. The fourth-order valence-corrected chi connectivity index (χ4v) is 2.57. The third-order valence-electron chi connectivity index (χ3n) is 3.38. The molecule has 1 atom stereocenters. The maximum atomic E-state index is 11.7. The van der Waals surface area contributed by atoms with Gasteiger partial charge in [-0.3, -0.25) is 4.79 Å². The second-order valence-corrected chi connectivity index (χ2v) is 5.38. The second kappa shape index (κ2) is 5.42. The minimum atomic E-state index is -0.0812. The predicted molar refractivity (Wildman–Crippen MR) is 72.2 cm³/mol. The maximum absolute atomic E-state index is 11.7. The number of rotatable bonds is 3. The molecular formula is C15H21NO2. The first-order valence-electron chi connectivity index (χ1n) is 6.61. The van der Waals surface area contributed by atoms with Crippen LogP contribution < -0.4 is 5.73 Å². The average molecular weight is 247 g/mol. The number of benzene rings is 1. The fraction of sp³-hybridized carbons (Fsp3) is 0.533. The third-order valence-corrected chi connectivity index (χ3v) is 3.38. The van der Waals surface area contributed by atoms with Gasteiger partial charge in [-0.05, 0) is 62.3 Å². The number of aryl methyl sites for hydroxylation is 1. The number of nitrogens with two attached hydrogens (primary N) is 1. The molecule has 1 aromatic rings. The van der Waals surface area contributed by atoms with Gasteiger partial charge in [0.05, 0.1) is 6.10 Å². The van der Waals surface area contributed by atoms with Crippen LogP contribution in [0.1, 0.15) is 37.8 Å². The van der Waals surface area contributed by atoms with E-state index in [1.165, 1.54) is 11.1 Å². The number of esters is 1. The van der Waals surface area contributed by atoms with Crippen LogP contribution in [0.5, 0.6) is 0 Å². The number of carbonyl (C=O) groups excluding carboxylic acids is 1. The van der Waals surface area contributed by atoms with Crippen molar-refractivity contribution in [2.24, 2.45) is 5.92 Å². The van der Waals surface area contributed by atoms with Gasteiger partial charge in [-0.2, -0.15) is 0 Å². The summed E-state index contributed by atoms with van der Waals surface area (Å²) >= 11 is 0. The molecule has 2 rings (SSSR count). The van der Waals surface area contributed by atoms with Gasteiger partial charge in [0.15, 0.2) is 0 Å². The van der Waals surface area contributed by atoms with E-state index in [9.17, 15) is 4.79 Å². The summed E-state index contributed by atoms with van der Waals surface area (Å²) < 4.78 is 5.20. The van der Waals surface area contributed by atoms with Gasteiger partial charge in [0.25, 0.3) is 0 Å². The molecule has 18 heavy (non-hydrogen) atoms. The Kier molecular flexibility index (Phi) is 3.90. The Morgan fingerprint density at radius 3 is 2.94 bits per heavy atom. The van der Waals surface area contributed by atoms with Crippen molar-refractivity contribution in [3.63, 3.8) is 0 Å². The van der Waals surface area contributed by atoms with Gasteiger partial charge in [0.1, 0.15) is 0 Å². The van der Waals surface area contributed by atoms with Gasteiger partial charge in [-0.25, -0.2) is 0 Å². The average Bonchev–Trinajstić information content (AvgIpc) is 2.27. The Hall–Kier alpha value is -1.51. The first-order valence-corrected chi connectivity index (χ1v) is 6.61. The highest BCUT2D eigenvalue weighted by molar-refractivity contribution is 5.70. The molecule has 0 fully saturated rings. The van der Waals surface area contributed by atoms with Crippen LogP contribution in [-0.4, -0.2) is 12.1 Å². The first-order chi connectivity index (χ1) is 8.54. The molecule has 0 aliphatic heterocycles. The molecule has 1 aliphatic carbocycles. The Balaban J connectivity index is 1.97. The van der Waals surface area contributed by atoms with E-state index >= 15 is 0 Å². The molecule has 1 unspecified atom stereocenters. The molecule has 98 valence electrons. The molecule has 0 spiro atoms. The van der Waals surface area contributed by atoms with Crippen molar-refractivity contribution in [2.75, 3.05) is 5.73 Å². The van der Waals surface area contributed by atoms with Crippen molar-refractivity contribution in [1.82, 2.24) is 0 Å². The minimum Gasteiger partial charge on any atom is -0.463 e. The lowest BCUT2D eigenvalue weighted by molar-refractivity contribution is -0.148.